The maximum atomic E-state index is 3.40. The third-order valence-electron chi connectivity index (χ3n) is 11.6. The smallest absolute Gasteiger partial charge is 0.0542 e. The number of benzene rings is 7. The van der Waals surface area contributed by atoms with E-state index in [9.17, 15) is 0 Å². The number of anilines is 5. The summed E-state index contributed by atoms with van der Waals surface area (Å²) < 4.78 is 4.79. The zero-order chi connectivity index (χ0) is 38.4. The van der Waals surface area contributed by atoms with Gasteiger partial charge in [0.15, 0.2) is 0 Å². The maximum Gasteiger partial charge on any atom is 0.0542 e. The lowest BCUT2D eigenvalue weighted by Gasteiger charge is -2.29. The van der Waals surface area contributed by atoms with Gasteiger partial charge in [-0.25, -0.2) is 0 Å². The molecule has 0 bridgehead atoms. The third-order valence-corrected chi connectivity index (χ3v) is 11.6. The Balaban J connectivity index is 1.03. The van der Waals surface area contributed by atoms with E-state index in [1.807, 2.05) is 0 Å². The summed E-state index contributed by atoms with van der Waals surface area (Å²) in [5.74, 6) is 0. The largest absolute Gasteiger partial charge is 0.310 e. The average Bonchev–Trinajstić information content (AvgIpc) is 3.81. The molecule has 0 amide bonds. The fourth-order valence-corrected chi connectivity index (χ4v) is 9.00. The lowest BCUT2D eigenvalue weighted by molar-refractivity contribution is 0.967. The summed E-state index contributed by atoms with van der Waals surface area (Å²) >= 11 is 0. The number of aromatic nitrogens is 2. The van der Waals surface area contributed by atoms with Crippen molar-refractivity contribution >= 4 is 67.2 Å². The van der Waals surface area contributed by atoms with Crippen molar-refractivity contribution in [1.29, 1.82) is 0 Å². The Morgan fingerprint density at radius 2 is 1.02 bits per heavy atom. The number of hydrogen-bond acceptors (Lipinski definition) is 2. The standard InChI is InChI=1S/C54H40N4/c1-5-17-39(18-6-1)55(45-33-35-53-49(37-45)47-25-13-15-27-51(47)57(53)41-21-9-3-10-22-41)43-29-31-44(32-30-43)56(40-19-7-2-8-20-40)46-34-36-54-50(38-46)48-26-14-16-28-52(48)58(54)42-23-11-4-12-24-42/h1-6,9-13,15-25,27-38H,7,14,26H2. The lowest BCUT2D eigenvalue weighted by atomic mass is 10.0. The molecule has 11 rings (SSSR count). The summed E-state index contributed by atoms with van der Waals surface area (Å²) in [6.07, 6.45) is 14.0. The highest BCUT2D eigenvalue weighted by molar-refractivity contribution is 6.10. The molecule has 276 valence electrons. The maximum absolute atomic E-state index is 3.40. The monoisotopic (exact) mass is 744 g/mol. The molecule has 2 heterocycles. The first-order chi connectivity index (χ1) is 28.8. The molecule has 58 heavy (non-hydrogen) atoms. The molecule has 2 aromatic heterocycles. The van der Waals surface area contributed by atoms with Crippen molar-refractivity contribution in [3.63, 3.8) is 0 Å². The highest BCUT2D eigenvalue weighted by Gasteiger charge is 2.23. The van der Waals surface area contributed by atoms with Gasteiger partial charge in [-0.05, 0) is 140 Å². The van der Waals surface area contributed by atoms with Gasteiger partial charge in [-0.2, -0.15) is 0 Å². The molecule has 0 spiro atoms. The van der Waals surface area contributed by atoms with Crippen molar-refractivity contribution in [2.45, 2.75) is 19.3 Å². The number of hydrogen-bond donors (Lipinski definition) is 0. The number of fused-ring (bicyclic) bond motifs is 6. The van der Waals surface area contributed by atoms with E-state index < -0.39 is 0 Å². The SMILES string of the molecule is C1=CCC=C(N(c2ccc(N(c3ccccc3)c3ccc4c(c3)c3ccccc3n4-c3ccccc3)cc2)c2ccc3c(c2)c2c(n3-c3ccccc3)C=CCC2)C=1. The lowest BCUT2D eigenvalue weighted by Crippen LogP contribution is -2.16. The fraction of sp³-hybridized carbons (Fsp3) is 0.0556. The second-order valence-corrected chi connectivity index (χ2v) is 15.0. The van der Waals surface area contributed by atoms with E-state index >= 15 is 0 Å². The van der Waals surface area contributed by atoms with Crippen molar-refractivity contribution in [3.05, 3.63) is 223 Å². The molecule has 2 aliphatic carbocycles. The average molecular weight is 745 g/mol. The van der Waals surface area contributed by atoms with E-state index in [0.717, 1.165) is 59.1 Å². The second kappa shape index (κ2) is 14.2. The molecule has 9 aromatic rings. The minimum Gasteiger partial charge on any atom is -0.310 e. The first kappa shape index (κ1) is 33.8. The van der Waals surface area contributed by atoms with Crippen LogP contribution in [0.15, 0.2) is 212 Å². The van der Waals surface area contributed by atoms with Crippen molar-refractivity contribution in [3.8, 4) is 11.4 Å². The van der Waals surface area contributed by atoms with Gasteiger partial charge in [-0.3, -0.25) is 0 Å². The molecule has 0 aliphatic heterocycles. The Morgan fingerprint density at radius 1 is 0.466 bits per heavy atom. The van der Waals surface area contributed by atoms with Gasteiger partial charge in [0.2, 0.25) is 0 Å². The molecule has 0 fully saturated rings. The molecule has 0 saturated carbocycles. The number of aryl methyl sites for hydroxylation is 1. The fourth-order valence-electron chi connectivity index (χ4n) is 9.00. The van der Waals surface area contributed by atoms with Crippen LogP contribution in [0.1, 0.15) is 24.1 Å². The van der Waals surface area contributed by atoms with Crippen LogP contribution < -0.4 is 9.80 Å². The molecule has 0 unspecified atom stereocenters. The Kier molecular flexibility index (Phi) is 8.28. The van der Waals surface area contributed by atoms with Crippen LogP contribution in [0, 0.1) is 0 Å². The van der Waals surface area contributed by atoms with Gasteiger partial charge in [-0.15, -0.1) is 5.73 Å². The number of nitrogens with zero attached hydrogens (tertiary/aromatic N) is 4. The molecule has 0 atom stereocenters. The van der Waals surface area contributed by atoms with Crippen LogP contribution >= 0.6 is 0 Å². The first-order valence-corrected chi connectivity index (χ1v) is 20.1. The van der Waals surface area contributed by atoms with Crippen LogP contribution in [-0.4, -0.2) is 9.13 Å². The van der Waals surface area contributed by atoms with Crippen LogP contribution in [0.3, 0.4) is 0 Å². The van der Waals surface area contributed by atoms with Crippen molar-refractivity contribution in [2.75, 3.05) is 9.80 Å². The summed E-state index contributed by atoms with van der Waals surface area (Å²) in [6, 6.07) is 63.7. The predicted molar refractivity (Wildman–Crippen MR) is 244 cm³/mol. The van der Waals surface area contributed by atoms with Crippen molar-refractivity contribution < 1.29 is 0 Å². The van der Waals surface area contributed by atoms with E-state index in [-0.39, 0.29) is 0 Å². The zero-order valence-corrected chi connectivity index (χ0v) is 32.0. The first-order valence-electron chi connectivity index (χ1n) is 20.1. The van der Waals surface area contributed by atoms with Crippen LogP contribution in [-0.2, 0) is 6.42 Å². The molecule has 7 aromatic carbocycles. The van der Waals surface area contributed by atoms with Gasteiger partial charge in [-0.1, -0.05) is 84.9 Å². The quantitative estimate of drug-likeness (QED) is 0.144. The summed E-state index contributed by atoms with van der Waals surface area (Å²) in [5.41, 5.74) is 18.7. The van der Waals surface area contributed by atoms with Crippen LogP contribution in [0.5, 0.6) is 0 Å². The molecule has 2 aliphatic rings. The third kappa shape index (κ3) is 5.70. The summed E-state index contributed by atoms with van der Waals surface area (Å²) in [5, 5.41) is 3.76. The van der Waals surface area contributed by atoms with Gasteiger partial charge in [0.05, 0.1) is 22.2 Å². The van der Waals surface area contributed by atoms with Gasteiger partial charge in [0, 0.05) is 67.7 Å². The van der Waals surface area contributed by atoms with Crippen LogP contribution in [0.25, 0.3) is 50.2 Å². The van der Waals surface area contributed by atoms with E-state index in [1.165, 1.54) is 49.7 Å². The molecule has 4 heteroatoms. The number of rotatable bonds is 8. The van der Waals surface area contributed by atoms with Crippen LogP contribution in [0.2, 0.25) is 0 Å². The van der Waals surface area contributed by atoms with E-state index in [2.05, 4.69) is 231 Å². The van der Waals surface area contributed by atoms with E-state index in [0.29, 0.717) is 0 Å². The molecule has 0 saturated heterocycles. The van der Waals surface area contributed by atoms with Gasteiger partial charge < -0.3 is 18.9 Å². The molecule has 4 nitrogen and oxygen atoms in total. The summed E-state index contributed by atoms with van der Waals surface area (Å²) in [6.45, 7) is 0. The molecular formula is C54H40N4. The zero-order valence-electron chi connectivity index (χ0n) is 32.0. The van der Waals surface area contributed by atoms with E-state index in [1.54, 1.807) is 0 Å². The number of para-hydroxylation sites is 4. The van der Waals surface area contributed by atoms with Gasteiger partial charge in [0.1, 0.15) is 0 Å². The minimum atomic E-state index is 0.845. The topological polar surface area (TPSA) is 16.3 Å². The van der Waals surface area contributed by atoms with Gasteiger partial charge >= 0.3 is 0 Å². The van der Waals surface area contributed by atoms with Crippen molar-refractivity contribution in [2.24, 2.45) is 0 Å². The highest BCUT2D eigenvalue weighted by atomic mass is 15.2. The molecular weight excluding hydrogens is 705 g/mol. The summed E-state index contributed by atoms with van der Waals surface area (Å²) in [7, 11) is 0. The second-order valence-electron chi connectivity index (χ2n) is 15.0. The number of allylic oxidation sites excluding steroid dienone is 3. The Labute approximate surface area is 338 Å². The highest BCUT2D eigenvalue weighted by Crippen LogP contribution is 2.43. The molecule has 0 radical (unpaired) electrons. The Bertz CT molecular complexity index is 3100. The Hall–Kier alpha value is -7.52. The van der Waals surface area contributed by atoms with Crippen LogP contribution in [0.4, 0.5) is 28.4 Å². The minimum absolute atomic E-state index is 0.845. The van der Waals surface area contributed by atoms with Gasteiger partial charge in [0.25, 0.3) is 0 Å². The Morgan fingerprint density at radius 3 is 1.72 bits per heavy atom. The predicted octanol–water partition coefficient (Wildman–Crippen LogP) is 14.3. The molecule has 0 N–H and O–H groups in total. The summed E-state index contributed by atoms with van der Waals surface area (Å²) in [4.78, 5) is 4.74. The van der Waals surface area contributed by atoms with Crippen molar-refractivity contribution in [1.82, 2.24) is 9.13 Å². The van der Waals surface area contributed by atoms with E-state index in [4.69, 9.17) is 0 Å². The normalized spacial score (nSPS) is 13.3.